The van der Waals surface area contributed by atoms with Crippen LogP contribution in [0.4, 0.5) is 0 Å². The molecule has 0 radical (unpaired) electrons. The molecular formula is C28H34O6. The van der Waals surface area contributed by atoms with E-state index < -0.39 is 35.5 Å². The fraction of sp³-hybridized carbons (Fsp3) is 0.429. The number of fused-ring (bicyclic) bond motifs is 1. The van der Waals surface area contributed by atoms with Crippen molar-refractivity contribution < 1.29 is 28.8 Å². The maximum absolute atomic E-state index is 11.3. The number of aliphatic hydroxyl groups is 1. The van der Waals surface area contributed by atoms with Crippen molar-refractivity contribution in [3.8, 4) is 0 Å². The normalized spacial score (nSPS) is 30.6. The van der Waals surface area contributed by atoms with Gasteiger partial charge in [-0.3, -0.25) is 0 Å². The van der Waals surface area contributed by atoms with E-state index in [1.807, 2.05) is 74.5 Å². The second kappa shape index (κ2) is 10.1. The van der Waals surface area contributed by atoms with Crippen molar-refractivity contribution in [2.24, 2.45) is 0 Å². The molecule has 0 unspecified atom stereocenters. The van der Waals surface area contributed by atoms with Gasteiger partial charge >= 0.3 is 0 Å². The number of hydrogen-bond donors (Lipinski definition) is 1. The highest BCUT2D eigenvalue weighted by Gasteiger charge is 2.73. The zero-order valence-electron chi connectivity index (χ0n) is 19.9. The summed E-state index contributed by atoms with van der Waals surface area (Å²) in [5.74, 6) is -0.867. The molecule has 34 heavy (non-hydrogen) atoms. The van der Waals surface area contributed by atoms with Crippen LogP contribution in [0.15, 0.2) is 86.0 Å². The van der Waals surface area contributed by atoms with Crippen LogP contribution < -0.4 is 0 Å². The first kappa shape index (κ1) is 24.8. The molecule has 182 valence electrons. The summed E-state index contributed by atoms with van der Waals surface area (Å²) < 4.78 is 31.7. The summed E-state index contributed by atoms with van der Waals surface area (Å²) in [4.78, 5) is 0. The van der Waals surface area contributed by atoms with Gasteiger partial charge in [0.05, 0.1) is 19.8 Å². The van der Waals surface area contributed by atoms with Gasteiger partial charge in [-0.25, -0.2) is 0 Å². The third-order valence-corrected chi connectivity index (χ3v) is 6.48. The van der Waals surface area contributed by atoms with Gasteiger partial charge in [0, 0.05) is 0 Å². The van der Waals surface area contributed by atoms with Crippen LogP contribution >= 0.6 is 0 Å². The molecule has 5 atom stereocenters. The zero-order chi connectivity index (χ0) is 24.2. The van der Waals surface area contributed by atoms with Crippen LogP contribution in [0.3, 0.4) is 0 Å². The van der Waals surface area contributed by atoms with Crippen molar-refractivity contribution in [1.29, 1.82) is 0 Å². The van der Waals surface area contributed by atoms with E-state index in [9.17, 15) is 5.11 Å². The number of aliphatic hydroxyl groups excluding tert-OH is 1. The van der Waals surface area contributed by atoms with Crippen molar-refractivity contribution in [2.75, 3.05) is 6.61 Å². The molecule has 6 heteroatoms. The van der Waals surface area contributed by atoms with Crippen LogP contribution in [0.25, 0.3) is 0 Å². The van der Waals surface area contributed by atoms with Crippen LogP contribution in [-0.4, -0.2) is 47.2 Å². The highest BCUT2D eigenvalue weighted by Crippen LogP contribution is 2.54. The summed E-state index contributed by atoms with van der Waals surface area (Å²) in [5.41, 5.74) is -0.483. The SMILES string of the molecule is C=CC[C@]1(OCc2ccccc2)[C@H]2OC(C)(C)O[C@H]2O[C@@]1(COCc1ccccc1)[C@@H](O)C=C. The molecule has 0 spiro atoms. The standard InChI is InChI=1S/C28H34O6/c1-5-17-27(31-19-22-15-11-8-12-16-22)24-25(33-26(3,4)32-24)34-28(27,23(29)6-2)20-30-18-21-13-9-7-10-14-21/h5-16,23-25,29H,1-2,17-20H2,3-4H3/t23-,24-,25-,27-,28-/m0/s1. The average molecular weight is 467 g/mol. The zero-order valence-corrected chi connectivity index (χ0v) is 19.9. The Morgan fingerprint density at radius 1 is 0.941 bits per heavy atom. The molecular weight excluding hydrogens is 432 g/mol. The minimum atomic E-state index is -1.33. The van der Waals surface area contributed by atoms with Crippen LogP contribution in [0.5, 0.6) is 0 Å². The van der Waals surface area contributed by atoms with Crippen molar-refractivity contribution in [1.82, 2.24) is 0 Å². The maximum atomic E-state index is 11.3. The summed E-state index contributed by atoms with van der Waals surface area (Å²) in [6.07, 6.45) is 1.08. The number of hydrogen-bond acceptors (Lipinski definition) is 6. The first-order valence-electron chi connectivity index (χ1n) is 11.6. The first-order chi connectivity index (χ1) is 16.4. The summed E-state index contributed by atoms with van der Waals surface area (Å²) in [6.45, 7) is 12.2. The lowest BCUT2D eigenvalue weighted by Gasteiger charge is -2.47. The molecule has 2 aromatic carbocycles. The summed E-state index contributed by atoms with van der Waals surface area (Å²) in [7, 11) is 0. The molecule has 4 rings (SSSR count). The van der Waals surface area contributed by atoms with E-state index in [4.69, 9.17) is 23.7 Å². The van der Waals surface area contributed by atoms with Gasteiger partial charge in [-0.05, 0) is 31.4 Å². The lowest BCUT2D eigenvalue weighted by atomic mass is 9.74. The van der Waals surface area contributed by atoms with Crippen LogP contribution in [0.1, 0.15) is 31.4 Å². The van der Waals surface area contributed by atoms with Gasteiger partial charge in [0.25, 0.3) is 0 Å². The van der Waals surface area contributed by atoms with Gasteiger partial charge in [-0.2, -0.15) is 0 Å². The molecule has 2 saturated heterocycles. The fourth-order valence-corrected chi connectivity index (χ4v) is 4.88. The Kier molecular flexibility index (Phi) is 7.38. The van der Waals surface area contributed by atoms with Crippen molar-refractivity contribution in [2.45, 2.75) is 69.0 Å². The Morgan fingerprint density at radius 2 is 1.56 bits per heavy atom. The second-order valence-corrected chi connectivity index (χ2v) is 9.25. The lowest BCUT2D eigenvalue weighted by molar-refractivity contribution is -0.295. The highest BCUT2D eigenvalue weighted by molar-refractivity contribution is 5.23. The largest absolute Gasteiger partial charge is 0.386 e. The molecule has 2 aliphatic heterocycles. The minimum absolute atomic E-state index is 0.0395. The smallest absolute Gasteiger partial charge is 0.191 e. The third-order valence-electron chi connectivity index (χ3n) is 6.48. The quantitative estimate of drug-likeness (QED) is 0.491. The highest BCUT2D eigenvalue weighted by atomic mass is 16.9. The minimum Gasteiger partial charge on any atom is -0.386 e. The molecule has 1 N–H and O–H groups in total. The molecule has 2 aliphatic rings. The van der Waals surface area contributed by atoms with Crippen molar-refractivity contribution in [3.05, 3.63) is 97.1 Å². The van der Waals surface area contributed by atoms with E-state index in [1.54, 1.807) is 6.08 Å². The number of ether oxygens (including phenoxy) is 5. The Balaban J connectivity index is 1.70. The van der Waals surface area contributed by atoms with Gasteiger partial charge in [0.2, 0.25) is 0 Å². The predicted octanol–water partition coefficient (Wildman–Crippen LogP) is 4.53. The topological polar surface area (TPSA) is 66.4 Å². The Hall–Kier alpha value is -2.32. The van der Waals surface area contributed by atoms with E-state index >= 15 is 0 Å². The predicted molar refractivity (Wildman–Crippen MR) is 129 cm³/mol. The first-order valence-corrected chi connectivity index (χ1v) is 11.6. The monoisotopic (exact) mass is 466 g/mol. The number of benzene rings is 2. The molecule has 6 nitrogen and oxygen atoms in total. The van der Waals surface area contributed by atoms with Crippen molar-refractivity contribution >= 4 is 0 Å². The van der Waals surface area contributed by atoms with E-state index in [1.165, 1.54) is 6.08 Å². The summed E-state index contributed by atoms with van der Waals surface area (Å²) >= 11 is 0. The van der Waals surface area contributed by atoms with Crippen molar-refractivity contribution in [3.63, 3.8) is 0 Å². The molecule has 0 amide bonds. The van der Waals surface area contributed by atoms with E-state index in [-0.39, 0.29) is 13.2 Å². The maximum Gasteiger partial charge on any atom is 0.191 e. The molecule has 2 fully saturated rings. The lowest BCUT2D eigenvalue weighted by Crippen LogP contribution is -2.66. The molecule has 0 saturated carbocycles. The fourth-order valence-electron chi connectivity index (χ4n) is 4.88. The summed E-state index contributed by atoms with van der Waals surface area (Å²) in [5, 5.41) is 11.3. The second-order valence-electron chi connectivity index (χ2n) is 9.25. The average Bonchev–Trinajstić information content (AvgIpc) is 3.27. The van der Waals surface area contributed by atoms with E-state index in [2.05, 4.69) is 13.2 Å². The molecule has 2 heterocycles. The van der Waals surface area contributed by atoms with Crippen LogP contribution in [-0.2, 0) is 36.9 Å². The molecule has 2 aromatic rings. The third kappa shape index (κ3) is 4.62. The van der Waals surface area contributed by atoms with E-state index in [0.717, 1.165) is 11.1 Å². The summed E-state index contributed by atoms with van der Waals surface area (Å²) in [6, 6.07) is 19.7. The molecule has 0 bridgehead atoms. The van der Waals surface area contributed by atoms with Gasteiger partial charge in [-0.15, -0.1) is 13.2 Å². The van der Waals surface area contributed by atoms with Gasteiger partial charge < -0.3 is 28.8 Å². The van der Waals surface area contributed by atoms with Gasteiger partial charge in [0.15, 0.2) is 17.7 Å². The Morgan fingerprint density at radius 3 is 2.15 bits per heavy atom. The number of rotatable bonds is 11. The molecule has 0 aliphatic carbocycles. The Bertz CT molecular complexity index is 961. The molecule has 0 aromatic heterocycles. The van der Waals surface area contributed by atoms with E-state index in [0.29, 0.717) is 13.0 Å². The van der Waals surface area contributed by atoms with Gasteiger partial charge in [0.1, 0.15) is 17.8 Å². The van der Waals surface area contributed by atoms with Crippen LogP contribution in [0, 0.1) is 0 Å². The Labute approximate surface area is 201 Å². The van der Waals surface area contributed by atoms with Gasteiger partial charge in [-0.1, -0.05) is 72.8 Å². The van der Waals surface area contributed by atoms with Crippen LogP contribution in [0.2, 0.25) is 0 Å².